The molecule has 0 saturated heterocycles. The summed E-state index contributed by atoms with van der Waals surface area (Å²) in [6, 6.07) is 1.97. The van der Waals surface area contributed by atoms with E-state index >= 15 is 0 Å². The maximum absolute atomic E-state index is 12.3. The van der Waals surface area contributed by atoms with Gasteiger partial charge in [0, 0.05) is 12.6 Å². The van der Waals surface area contributed by atoms with Crippen LogP contribution in [-0.4, -0.2) is 43.6 Å². The van der Waals surface area contributed by atoms with E-state index in [2.05, 4.69) is 10.4 Å². The fraction of sp³-hybridized carbons (Fsp3) is 0.267. The van der Waals surface area contributed by atoms with Crippen LogP contribution < -0.4 is 5.32 Å². The molecule has 1 amide bonds. The molecule has 9 nitrogen and oxygen atoms in total. The van der Waals surface area contributed by atoms with Gasteiger partial charge in [-0.05, 0) is 26.0 Å². The highest BCUT2D eigenvalue weighted by atomic mass is 16.5. The Hall–Kier alpha value is -3.23. The van der Waals surface area contributed by atoms with Crippen molar-refractivity contribution in [3.05, 3.63) is 29.0 Å². The number of nitrogens with zero attached hydrogens (tertiary/aromatic N) is 2. The summed E-state index contributed by atoms with van der Waals surface area (Å²) in [5, 5.41) is 34.8. The Morgan fingerprint density at radius 3 is 2.38 bits per heavy atom. The van der Waals surface area contributed by atoms with Gasteiger partial charge in [-0.2, -0.15) is 5.10 Å². The lowest BCUT2D eigenvalue weighted by atomic mass is 10.1. The van der Waals surface area contributed by atoms with Gasteiger partial charge in [0.05, 0.1) is 12.3 Å². The van der Waals surface area contributed by atoms with Crippen molar-refractivity contribution in [3.63, 3.8) is 0 Å². The average Bonchev–Trinajstić information content (AvgIpc) is 2.78. The molecular formula is C15H17N3O6. The first-order chi connectivity index (χ1) is 11.3. The number of benzene rings is 1. The number of aromatic hydroxyl groups is 3. The van der Waals surface area contributed by atoms with Gasteiger partial charge in [0.25, 0.3) is 5.91 Å². The molecule has 9 heteroatoms. The molecule has 0 aliphatic heterocycles. The summed E-state index contributed by atoms with van der Waals surface area (Å²) in [6.45, 7) is 3.42. The van der Waals surface area contributed by atoms with Crippen LogP contribution >= 0.6 is 0 Å². The number of carbonyl (C=O) groups excluding carboxylic acids is 2. The average molecular weight is 335 g/mol. The predicted molar refractivity (Wildman–Crippen MR) is 83.3 cm³/mol. The molecule has 4 N–H and O–H groups in total. The minimum Gasteiger partial charge on any atom is -0.504 e. The van der Waals surface area contributed by atoms with Gasteiger partial charge in [-0.1, -0.05) is 0 Å². The van der Waals surface area contributed by atoms with Gasteiger partial charge in [0.15, 0.2) is 17.2 Å². The first kappa shape index (κ1) is 17.1. The van der Waals surface area contributed by atoms with Gasteiger partial charge in [0.2, 0.25) is 0 Å². The molecule has 2 rings (SSSR count). The molecule has 128 valence electrons. The van der Waals surface area contributed by atoms with E-state index in [1.807, 2.05) is 0 Å². The second-order valence-electron chi connectivity index (χ2n) is 4.97. The smallest absolute Gasteiger partial charge is 0.343 e. The van der Waals surface area contributed by atoms with Crippen LogP contribution in [0.4, 0.5) is 5.82 Å². The lowest BCUT2D eigenvalue weighted by Crippen LogP contribution is -2.17. The maximum atomic E-state index is 12.3. The molecule has 0 atom stereocenters. The second-order valence-corrected chi connectivity index (χ2v) is 4.97. The highest BCUT2D eigenvalue weighted by molar-refractivity contribution is 6.08. The predicted octanol–water partition coefficient (Wildman–Crippen LogP) is 1.27. The monoisotopic (exact) mass is 335 g/mol. The Balaban J connectivity index is 2.38. The number of nitrogens with one attached hydrogen (secondary N) is 1. The fourth-order valence-corrected chi connectivity index (χ4v) is 2.16. The number of esters is 1. The minimum absolute atomic E-state index is 0.111. The lowest BCUT2D eigenvalue weighted by Gasteiger charge is -2.09. The third-order valence-electron chi connectivity index (χ3n) is 3.27. The van der Waals surface area contributed by atoms with Crippen molar-refractivity contribution >= 4 is 17.7 Å². The Morgan fingerprint density at radius 2 is 1.83 bits per heavy atom. The van der Waals surface area contributed by atoms with Gasteiger partial charge in [-0.25, -0.2) is 4.79 Å². The number of aryl methyl sites for hydroxylation is 2. The van der Waals surface area contributed by atoms with Crippen LogP contribution in [0.2, 0.25) is 0 Å². The topological polar surface area (TPSA) is 134 Å². The molecule has 0 aliphatic rings. The van der Waals surface area contributed by atoms with Crippen molar-refractivity contribution < 1.29 is 29.6 Å². The summed E-state index contributed by atoms with van der Waals surface area (Å²) in [7, 11) is 1.54. The molecule has 0 saturated carbocycles. The summed E-state index contributed by atoms with van der Waals surface area (Å²) < 4.78 is 6.25. The fourth-order valence-electron chi connectivity index (χ4n) is 2.16. The molecule has 1 aromatic carbocycles. The third-order valence-corrected chi connectivity index (χ3v) is 3.27. The van der Waals surface area contributed by atoms with E-state index in [9.17, 15) is 24.9 Å². The zero-order chi connectivity index (χ0) is 18.0. The number of hydrogen-bond acceptors (Lipinski definition) is 7. The molecule has 0 aliphatic carbocycles. The normalized spacial score (nSPS) is 10.5. The van der Waals surface area contributed by atoms with Gasteiger partial charge >= 0.3 is 5.97 Å². The van der Waals surface area contributed by atoms with Crippen LogP contribution in [0.1, 0.15) is 33.3 Å². The van der Waals surface area contributed by atoms with Crippen LogP contribution in [0.15, 0.2) is 12.1 Å². The summed E-state index contributed by atoms with van der Waals surface area (Å²) in [6.07, 6.45) is 0. The SMILES string of the molecule is CCOC(=O)c1c(C)nn(C)c1NC(=O)c1cc(O)c(O)c(O)c1. The van der Waals surface area contributed by atoms with Crippen LogP contribution in [-0.2, 0) is 11.8 Å². The molecule has 0 fully saturated rings. The largest absolute Gasteiger partial charge is 0.504 e. The van der Waals surface area contributed by atoms with E-state index < -0.39 is 29.1 Å². The molecule has 1 heterocycles. The Morgan fingerprint density at radius 1 is 1.25 bits per heavy atom. The Labute approximate surface area is 137 Å². The molecule has 0 unspecified atom stereocenters. The van der Waals surface area contributed by atoms with E-state index in [4.69, 9.17) is 4.74 Å². The Bertz CT molecular complexity index is 789. The van der Waals surface area contributed by atoms with Gasteiger partial charge in [0.1, 0.15) is 11.4 Å². The molecule has 24 heavy (non-hydrogen) atoms. The van der Waals surface area contributed by atoms with Gasteiger partial charge in [-0.3, -0.25) is 9.48 Å². The molecular weight excluding hydrogens is 318 g/mol. The van der Waals surface area contributed by atoms with E-state index in [0.29, 0.717) is 5.69 Å². The number of aromatic nitrogens is 2. The van der Waals surface area contributed by atoms with Crippen LogP contribution in [0.25, 0.3) is 0 Å². The first-order valence-electron chi connectivity index (χ1n) is 7.03. The second kappa shape index (κ2) is 6.49. The van der Waals surface area contributed by atoms with E-state index in [1.54, 1.807) is 13.8 Å². The number of anilines is 1. The number of hydrogen-bond donors (Lipinski definition) is 4. The first-order valence-corrected chi connectivity index (χ1v) is 7.03. The standard InChI is InChI=1S/C15H17N3O6/c1-4-24-15(23)11-7(2)17-18(3)13(11)16-14(22)8-5-9(19)12(21)10(20)6-8/h5-6,19-21H,4H2,1-3H3,(H,16,22). The summed E-state index contributed by atoms with van der Waals surface area (Å²) >= 11 is 0. The van der Waals surface area contributed by atoms with Crippen molar-refractivity contribution in [1.29, 1.82) is 0 Å². The minimum atomic E-state index is -0.727. The number of rotatable bonds is 4. The molecule has 0 radical (unpaired) electrons. The summed E-state index contributed by atoms with van der Waals surface area (Å²) in [5.41, 5.74) is 0.374. The maximum Gasteiger partial charge on any atom is 0.343 e. The highest BCUT2D eigenvalue weighted by Gasteiger charge is 2.24. The van der Waals surface area contributed by atoms with Gasteiger partial charge < -0.3 is 25.4 Å². The van der Waals surface area contributed by atoms with E-state index in [-0.39, 0.29) is 23.6 Å². The molecule has 0 spiro atoms. The summed E-state index contributed by atoms with van der Waals surface area (Å²) in [5.74, 6) is -3.25. The number of amides is 1. The number of phenolic OH excluding ortho intramolecular Hbond substituents is 3. The number of ether oxygens (including phenoxy) is 1. The molecule has 0 bridgehead atoms. The quantitative estimate of drug-likeness (QED) is 0.488. The molecule has 2 aromatic rings. The van der Waals surface area contributed by atoms with Crippen molar-refractivity contribution in [2.45, 2.75) is 13.8 Å². The number of phenols is 3. The highest BCUT2D eigenvalue weighted by Crippen LogP contribution is 2.35. The van der Waals surface area contributed by atoms with E-state index in [1.165, 1.54) is 11.7 Å². The van der Waals surface area contributed by atoms with Gasteiger partial charge in [-0.15, -0.1) is 0 Å². The van der Waals surface area contributed by atoms with Crippen molar-refractivity contribution in [2.75, 3.05) is 11.9 Å². The van der Waals surface area contributed by atoms with Crippen molar-refractivity contribution in [3.8, 4) is 17.2 Å². The number of carbonyl (C=O) groups is 2. The zero-order valence-corrected chi connectivity index (χ0v) is 13.3. The third kappa shape index (κ3) is 3.09. The van der Waals surface area contributed by atoms with E-state index in [0.717, 1.165) is 12.1 Å². The van der Waals surface area contributed by atoms with Crippen LogP contribution in [0.5, 0.6) is 17.2 Å². The van der Waals surface area contributed by atoms with Crippen LogP contribution in [0.3, 0.4) is 0 Å². The lowest BCUT2D eigenvalue weighted by molar-refractivity contribution is 0.0526. The van der Waals surface area contributed by atoms with Crippen molar-refractivity contribution in [2.24, 2.45) is 7.05 Å². The van der Waals surface area contributed by atoms with Crippen molar-refractivity contribution in [1.82, 2.24) is 9.78 Å². The summed E-state index contributed by atoms with van der Waals surface area (Å²) in [4.78, 5) is 24.3. The molecule has 1 aromatic heterocycles. The zero-order valence-electron chi connectivity index (χ0n) is 13.3. The Kier molecular flexibility index (Phi) is 4.63. The van der Waals surface area contributed by atoms with Crippen LogP contribution in [0, 0.1) is 6.92 Å².